The van der Waals surface area contributed by atoms with Crippen molar-refractivity contribution >= 4 is 17.3 Å². The highest BCUT2D eigenvalue weighted by Crippen LogP contribution is 2.43. The highest BCUT2D eigenvalue weighted by molar-refractivity contribution is 6.14. The van der Waals surface area contributed by atoms with Crippen LogP contribution in [0.2, 0.25) is 0 Å². The standard InChI is InChI=1S/C31H35NO5/c1-20-25(36-28(18-19-33)29(20)31(2,3)35)17-14-21-12-15-22(16-13-21)32-24-9-5-7-11-27(24)37-26-10-6-4-8-23(26)30(32)34/h4-13,15-16,20,25,28-29,33,35H,14,17-19H2,1-3H3/t20-,25+,28-,29+/m1/s1. The summed E-state index contributed by atoms with van der Waals surface area (Å²) in [4.78, 5) is 15.3. The van der Waals surface area contributed by atoms with Gasteiger partial charge in [0.15, 0.2) is 5.75 Å². The maximum atomic E-state index is 13.6. The summed E-state index contributed by atoms with van der Waals surface area (Å²) in [5.41, 5.74) is 2.29. The van der Waals surface area contributed by atoms with Crippen LogP contribution in [0.4, 0.5) is 11.4 Å². The van der Waals surface area contributed by atoms with E-state index < -0.39 is 5.60 Å². The number of rotatable bonds is 7. The van der Waals surface area contributed by atoms with Crippen molar-refractivity contribution in [2.24, 2.45) is 11.8 Å². The highest BCUT2D eigenvalue weighted by Gasteiger charge is 2.47. The number of hydrogen-bond acceptors (Lipinski definition) is 5. The van der Waals surface area contributed by atoms with Crippen LogP contribution in [0.1, 0.15) is 49.5 Å². The van der Waals surface area contributed by atoms with E-state index in [2.05, 4.69) is 19.1 Å². The van der Waals surface area contributed by atoms with Gasteiger partial charge in [0.2, 0.25) is 0 Å². The molecule has 0 bridgehead atoms. The quantitative estimate of drug-likeness (QED) is 0.423. The molecular formula is C31H35NO5. The van der Waals surface area contributed by atoms with Gasteiger partial charge in [-0.25, -0.2) is 0 Å². The molecule has 0 unspecified atom stereocenters. The minimum absolute atomic E-state index is 0.0142. The third-order valence-corrected chi connectivity index (χ3v) is 7.69. The van der Waals surface area contributed by atoms with Gasteiger partial charge in [-0.2, -0.15) is 0 Å². The third-order valence-electron chi connectivity index (χ3n) is 7.69. The lowest BCUT2D eigenvalue weighted by Gasteiger charge is -2.32. The first-order valence-corrected chi connectivity index (χ1v) is 13.1. The molecule has 2 heterocycles. The van der Waals surface area contributed by atoms with Crippen molar-refractivity contribution in [2.45, 2.75) is 57.8 Å². The first-order chi connectivity index (χ1) is 17.8. The molecule has 0 saturated carbocycles. The number of carbonyl (C=O) groups is 1. The van der Waals surface area contributed by atoms with Gasteiger partial charge in [0.05, 0.1) is 29.1 Å². The van der Waals surface area contributed by atoms with Crippen LogP contribution in [0.3, 0.4) is 0 Å². The molecule has 0 aliphatic carbocycles. The van der Waals surface area contributed by atoms with Crippen molar-refractivity contribution in [3.05, 3.63) is 83.9 Å². The van der Waals surface area contributed by atoms with Crippen LogP contribution >= 0.6 is 0 Å². The lowest BCUT2D eigenvalue weighted by Crippen LogP contribution is -2.40. The van der Waals surface area contributed by atoms with Crippen LogP contribution in [0, 0.1) is 11.8 Å². The van der Waals surface area contributed by atoms with Crippen molar-refractivity contribution < 1.29 is 24.5 Å². The fraction of sp³-hybridized carbons (Fsp3) is 0.387. The molecule has 0 aromatic heterocycles. The van der Waals surface area contributed by atoms with E-state index in [1.807, 2.05) is 68.4 Å². The monoisotopic (exact) mass is 501 g/mol. The second-order valence-electron chi connectivity index (χ2n) is 10.7. The van der Waals surface area contributed by atoms with Crippen LogP contribution in [0.5, 0.6) is 11.5 Å². The van der Waals surface area contributed by atoms with Crippen molar-refractivity contribution in [1.29, 1.82) is 0 Å². The van der Waals surface area contributed by atoms with E-state index in [1.54, 1.807) is 11.0 Å². The van der Waals surface area contributed by atoms with E-state index in [-0.39, 0.29) is 36.6 Å². The molecular weight excluding hydrogens is 466 g/mol. The molecule has 4 atom stereocenters. The molecule has 2 aliphatic heterocycles. The fourth-order valence-electron chi connectivity index (χ4n) is 5.99. The number of nitrogens with zero attached hydrogens (tertiary/aromatic N) is 1. The fourth-order valence-corrected chi connectivity index (χ4v) is 5.99. The molecule has 3 aromatic carbocycles. The number of carbonyl (C=O) groups excluding carboxylic acids is 1. The molecule has 6 nitrogen and oxygen atoms in total. The van der Waals surface area contributed by atoms with Crippen LogP contribution < -0.4 is 9.64 Å². The predicted octanol–water partition coefficient (Wildman–Crippen LogP) is 5.88. The number of fused-ring (bicyclic) bond motifs is 2. The minimum atomic E-state index is -0.867. The van der Waals surface area contributed by atoms with E-state index in [4.69, 9.17) is 9.47 Å². The number of hydrogen-bond donors (Lipinski definition) is 2. The van der Waals surface area contributed by atoms with E-state index in [1.165, 1.54) is 0 Å². The van der Waals surface area contributed by atoms with Gasteiger partial charge in [0, 0.05) is 18.2 Å². The first-order valence-electron chi connectivity index (χ1n) is 13.1. The molecule has 1 saturated heterocycles. The third kappa shape index (κ3) is 5.01. The maximum absolute atomic E-state index is 13.6. The summed E-state index contributed by atoms with van der Waals surface area (Å²) >= 11 is 0. The molecule has 1 fully saturated rings. The molecule has 6 heteroatoms. The Morgan fingerprint density at radius 2 is 1.57 bits per heavy atom. The van der Waals surface area contributed by atoms with E-state index in [0.29, 0.717) is 29.2 Å². The van der Waals surface area contributed by atoms with E-state index >= 15 is 0 Å². The second-order valence-corrected chi connectivity index (χ2v) is 10.7. The molecule has 5 rings (SSSR count). The molecule has 0 radical (unpaired) electrons. The largest absolute Gasteiger partial charge is 0.454 e. The highest BCUT2D eigenvalue weighted by atomic mass is 16.5. The van der Waals surface area contributed by atoms with Gasteiger partial charge in [0.1, 0.15) is 5.75 Å². The number of anilines is 2. The lowest BCUT2D eigenvalue weighted by atomic mass is 9.76. The Hall–Kier alpha value is -3.19. The zero-order valence-corrected chi connectivity index (χ0v) is 21.6. The Morgan fingerprint density at radius 1 is 0.892 bits per heavy atom. The van der Waals surface area contributed by atoms with Gasteiger partial charge in [-0.05, 0) is 81.0 Å². The normalized spacial score (nSPS) is 23.3. The van der Waals surface area contributed by atoms with Crippen LogP contribution in [0.15, 0.2) is 72.8 Å². The topological polar surface area (TPSA) is 79.2 Å². The first kappa shape index (κ1) is 25.5. The Balaban J connectivity index is 1.34. The Kier molecular flexibility index (Phi) is 7.08. The average Bonchev–Trinajstić information content (AvgIpc) is 3.13. The summed E-state index contributed by atoms with van der Waals surface area (Å²) in [6.45, 7) is 5.84. The summed E-state index contributed by atoms with van der Waals surface area (Å²) < 4.78 is 12.4. The second kappa shape index (κ2) is 10.3. The number of aliphatic hydroxyl groups excluding tert-OH is 1. The van der Waals surface area contributed by atoms with Crippen LogP contribution in [-0.4, -0.2) is 40.5 Å². The van der Waals surface area contributed by atoms with Gasteiger partial charge >= 0.3 is 0 Å². The number of aliphatic hydroxyl groups is 2. The van der Waals surface area contributed by atoms with Gasteiger partial charge in [0.25, 0.3) is 5.91 Å². The van der Waals surface area contributed by atoms with Crippen molar-refractivity contribution in [2.75, 3.05) is 11.5 Å². The molecule has 194 valence electrons. The van der Waals surface area contributed by atoms with Crippen molar-refractivity contribution in [3.8, 4) is 11.5 Å². The number of aryl methyl sites for hydroxylation is 1. The van der Waals surface area contributed by atoms with Gasteiger partial charge in [-0.3, -0.25) is 9.69 Å². The van der Waals surface area contributed by atoms with E-state index in [0.717, 1.165) is 24.1 Å². The number of para-hydroxylation sites is 3. The SMILES string of the molecule is C[C@H]1[C@H](C(C)(C)O)[C@@H](CCO)O[C@H]1CCc1ccc(N2C(=O)c3ccccc3Oc3ccccc32)cc1. The smallest absolute Gasteiger partial charge is 0.266 e. The Morgan fingerprint density at radius 3 is 2.27 bits per heavy atom. The van der Waals surface area contributed by atoms with Gasteiger partial charge < -0.3 is 19.7 Å². The number of ether oxygens (including phenoxy) is 2. The summed E-state index contributed by atoms with van der Waals surface area (Å²) in [5, 5.41) is 20.2. The molecule has 3 aromatic rings. The Labute approximate surface area is 218 Å². The van der Waals surface area contributed by atoms with E-state index in [9.17, 15) is 15.0 Å². The predicted molar refractivity (Wildman–Crippen MR) is 144 cm³/mol. The molecule has 2 N–H and O–H groups in total. The molecule has 37 heavy (non-hydrogen) atoms. The number of amides is 1. The maximum Gasteiger partial charge on any atom is 0.266 e. The molecule has 1 amide bonds. The van der Waals surface area contributed by atoms with Crippen LogP contribution in [-0.2, 0) is 11.2 Å². The van der Waals surface area contributed by atoms with Gasteiger partial charge in [-0.1, -0.05) is 43.3 Å². The summed E-state index contributed by atoms with van der Waals surface area (Å²) in [5.74, 6) is 1.21. The summed E-state index contributed by atoms with van der Waals surface area (Å²) in [7, 11) is 0. The summed E-state index contributed by atoms with van der Waals surface area (Å²) in [6.07, 6.45) is 2.03. The average molecular weight is 502 g/mol. The molecule has 2 aliphatic rings. The number of benzene rings is 3. The zero-order valence-electron chi connectivity index (χ0n) is 21.6. The minimum Gasteiger partial charge on any atom is -0.454 e. The van der Waals surface area contributed by atoms with Crippen molar-refractivity contribution in [1.82, 2.24) is 0 Å². The summed E-state index contributed by atoms with van der Waals surface area (Å²) in [6, 6.07) is 23.0. The van der Waals surface area contributed by atoms with Crippen LogP contribution in [0.25, 0.3) is 0 Å². The zero-order chi connectivity index (χ0) is 26.2. The lowest BCUT2D eigenvalue weighted by molar-refractivity contribution is -0.0424. The molecule has 0 spiro atoms. The van der Waals surface area contributed by atoms with Crippen molar-refractivity contribution in [3.63, 3.8) is 0 Å². The van der Waals surface area contributed by atoms with Gasteiger partial charge in [-0.15, -0.1) is 0 Å². The Bertz CT molecular complexity index is 1250.